The topological polar surface area (TPSA) is 92.5 Å². The third kappa shape index (κ3) is 3.00. The van der Waals surface area contributed by atoms with Gasteiger partial charge in [-0.1, -0.05) is 13.3 Å². The van der Waals surface area contributed by atoms with E-state index in [0.717, 1.165) is 25.7 Å². The molecule has 1 saturated heterocycles. The lowest BCUT2D eigenvalue weighted by Gasteiger charge is -2.37. The Morgan fingerprint density at radius 2 is 2.15 bits per heavy atom. The van der Waals surface area contributed by atoms with Crippen LogP contribution in [0, 0.1) is 11.8 Å². The lowest BCUT2D eigenvalue weighted by molar-refractivity contribution is -0.153. The number of carbonyl (C=O) groups is 3. The van der Waals surface area contributed by atoms with Gasteiger partial charge in [0.15, 0.2) is 0 Å². The van der Waals surface area contributed by atoms with Crippen molar-refractivity contribution in [1.29, 1.82) is 0 Å². The average Bonchev–Trinajstić information content (AvgIpc) is 2.45. The Bertz CT molecular complexity index is 410. The number of hydrogen-bond acceptors (Lipinski definition) is 4. The van der Waals surface area contributed by atoms with Crippen LogP contribution in [0.3, 0.4) is 0 Å². The van der Waals surface area contributed by atoms with Gasteiger partial charge in [0.05, 0.1) is 0 Å². The minimum atomic E-state index is -0.515. The van der Waals surface area contributed by atoms with E-state index in [2.05, 4.69) is 5.32 Å². The van der Waals surface area contributed by atoms with Crippen molar-refractivity contribution in [2.45, 2.75) is 45.1 Å². The highest BCUT2D eigenvalue weighted by Gasteiger charge is 2.39. The number of rotatable bonds is 3. The van der Waals surface area contributed by atoms with Gasteiger partial charge in [0, 0.05) is 5.92 Å². The first-order chi connectivity index (χ1) is 9.56. The molecule has 20 heavy (non-hydrogen) atoms. The molecule has 6 heteroatoms. The summed E-state index contributed by atoms with van der Waals surface area (Å²) < 4.78 is 0. The van der Waals surface area contributed by atoms with Crippen LogP contribution in [0.5, 0.6) is 0 Å². The van der Waals surface area contributed by atoms with Gasteiger partial charge >= 0.3 is 0 Å². The predicted octanol–water partition coefficient (Wildman–Crippen LogP) is 0.0151. The molecule has 3 N–H and O–H groups in total. The molecular weight excluding hydrogens is 258 g/mol. The first-order valence-corrected chi connectivity index (χ1v) is 7.41. The second-order valence-corrected chi connectivity index (χ2v) is 5.77. The molecule has 0 spiro atoms. The molecule has 2 rings (SSSR count). The SMILES string of the molecule is CCC1C(=O)NC(=O)CN1C(=O)C1CCCC(CN)C1. The molecule has 1 saturated carbocycles. The highest BCUT2D eigenvalue weighted by atomic mass is 16.2. The number of nitrogens with two attached hydrogens (primary N) is 1. The Hall–Kier alpha value is -1.43. The van der Waals surface area contributed by atoms with Crippen LogP contribution >= 0.6 is 0 Å². The molecule has 1 heterocycles. The Morgan fingerprint density at radius 3 is 2.80 bits per heavy atom. The molecule has 0 bridgehead atoms. The molecule has 1 aliphatic carbocycles. The Kier molecular flexibility index (Phi) is 4.75. The summed E-state index contributed by atoms with van der Waals surface area (Å²) in [5.41, 5.74) is 5.70. The number of nitrogens with one attached hydrogen (secondary N) is 1. The number of hydrogen-bond donors (Lipinski definition) is 2. The average molecular weight is 281 g/mol. The summed E-state index contributed by atoms with van der Waals surface area (Å²) in [5, 5.41) is 2.30. The fourth-order valence-electron chi connectivity index (χ4n) is 3.27. The number of imide groups is 1. The van der Waals surface area contributed by atoms with Crippen molar-refractivity contribution in [3.8, 4) is 0 Å². The summed E-state index contributed by atoms with van der Waals surface area (Å²) in [6, 6.07) is -0.515. The van der Waals surface area contributed by atoms with Crippen LogP contribution in [0.1, 0.15) is 39.0 Å². The summed E-state index contributed by atoms with van der Waals surface area (Å²) in [6.45, 7) is 2.44. The molecule has 3 amide bonds. The first kappa shape index (κ1) is 15.0. The van der Waals surface area contributed by atoms with Gasteiger partial charge in [-0.25, -0.2) is 0 Å². The predicted molar refractivity (Wildman–Crippen MR) is 73.4 cm³/mol. The van der Waals surface area contributed by atoms with Gasteiger partial charge in [-0.2, -0.15) is 0 Å². The molecule has 0 aromatic carbocycles. The molecule has 0 radical (unpaired) electrons. The summed E-state index contributed by atoms with van der Waals surface area (Å²) in [6.07, 6.45) is 4.19. The Balaban J connectivity index is 2.09. The zero-order valence-corrected chi connectivity index (χ0v) is 11.9. The van der Waals surface area contributed by atoms with Crippen LogP contribution in [0.4, 0.5) is 0 Å². The van der Waals surface area contributed by atoms with Gasteiger partial charge in [-0.05, 0) is 38.1 Å². The second kappa shape index (κ2) is 6.35. The maximum atomic E-state index is 12.6. The Labute approximate surface area is 119 Å². The number of piperazine rings is 1. The van der Waals surface area contributed by atoms with Crippen molar-refractivity contribution in [3.05, 3.63) is 0 Å². The van der Waals surface area contributed by atoms with Gasteiger partial charge < -0.3 is 10.6 Å². The molecular formula is C14H23N3O3. The van der Waals surface area contributed by atoms with Crippen molar-refractivity contribution in [3.63, 3.8) is 0 Å². The standard InChI is InChI=1S/C14H23N3O3/c1-2-11-13(19)16-12(18)8-17(11)14(20)10-5-3-4-9(6-10)7-15/h9-11H,2-8,15H2,1H3,(H,16,18,19). The first-order valence-electron chi connectivity index (χ1n) is 7.41. The van der Waals surface area contributed by atoms with Crippen LogP contribution < -0.4 is 11.1 Å². The van der Waals surface area contributed by atoms with Crippen LogP contribution in [0.25, 0.3) is 0 Å². The minimum absolute atomic E-state index is 0.00707. The van der Waals surface area contributed by atoms with Crippen LogP contribution in [-0.4, -0.2) is 41.8 Å². The van der Waals surface area contributed by atoms with E-state index >= 15 is 0 Å². The van der Waals surface area contributed by atoms with E-state index in [1.165, 1.54) is 4.90 Å². The van der Waals surface area contributed by atoms with Gasteiger partial charge in [0.1, 0.15) is 12.6 Å². The van der Waals surface area contributed by atoms with E-state index in [1.807, 2.05) is 6.92 Å². The maximum Gasteiger partial charge on any atom is 0.249 e. The third-order valence-electron chi connectivity index (χ3n) is 4.39. The lowest BCUT2D eigenvalue weighted by atomic mass is 9.80. The fourth-order valence-corrected chi connectivity index (χ4v) is 3.27. The molecule has 0 aromatic heterocycles. The Morgan fingerprint density at radius 1 is 1.40 bits per heavy atom. The summed E-state index contributed by atoms with van der Waals surface area (Å²) in [7, 11) is 0. The van der Waals surface area contributed by atoms with Gasteiger partial charge in [0.2, 0.25) is 17.7 Å². The lowest BCUT2D eigenvalue weighted by Crippen LogP contribution is -2.60. The van der Waals surface area contributed by atoms with E-state index in [4.69, 9.17) is 5.73 Å². The van der Waals surface area contributed by atoms with Crippen LogP contribution in [-0.2, 0) is 14.4 Å². The van der Waals surface area contributed by atoms with Gasteiger partial charge in [-0.3, -0.25) is 19.7 Å². The second-order valence-electron chi connectivity index (χ2n) is 5.77. The molecule has 2 fully saturated rings. The van der Waals surface area contributed by atoms with Crippen molar-refractivity contribution in [2.24, 2.45) is 17.6 Å². The van der Waals surface area contributed by atoms with Gasteiger partial charge in [0.25, 0.3) is 0 Å². The fraction of sp³-hybridized carbons (Fsp3) is 0.786. The van der Waals surface area contributed by atoms with E-state index in [0.29, 0.717) is 18.9 Å². The maximum absolute atomic E-state index is 12.6. The molecule has 1 aliphatic heterocycles. The summed E-state index contributed by atoms with van der Waals surface area (Å²) in [5.74, 6) is -0.516. The normalized spacial score (nSPS) is 31.1. The largest absolute Gasteiger partial charge is 0.330 e. The molecule has 0 aromatic rings. The smallest absolute Gasteiger partial charge is 0.249 e. The van der Waals surface area contributed by atoms with Crippen LogP contribution in [0.2, 0.25) is 0 Å². The van der Waals surface area contributed by atoms with Crippen molar-refractivity contribution >= 4 is 17.7 Å². The number of amides is 3. The summed E-state index contributed by atoms with van der Waals surface area (Å²) in [4.78, 5) is 37.4. The van der Waals surface area contributed by atoms with E-state index in [9.17, 15) is 14.4 Å². The summed E-state index contributed by atoms with van der Waals surface area (Å²) >= 11 is 0. The minimum Gasteiger partial charge on any atom is -0.330 e. The van der Waals surface area contributed by atoms with E-state index < -0.39 is 6.04 Å². The van der Waals surface area contributed by atoms with Crippen molar-refractivity contribution in [2.75, 3.05) is 13.1 Å². The van der Waals surface area contributed by atoms with E-state index in [1.54, 1.807) is 0 Å². The van der Waals surface area contributed by atoms with Gasteiger partial charge in [-0.15, -0.1) is 0 Å². The number of nitrogens with zero attached hydrogens (tertiary/aromatic N) is 1. The highest BCUT2D eigenvalue weighted by Crippen LogP contribution is 2.30. The van der Waals surface area contributed by atoms with Crippen molar-refractivity contribution in [1.82, 2.24) is 10.2 Å². The monoisotopic (exact) mass is 281 g/mol. The quantitative estimate of drug-likeness (QED) is 0.713. The van der Waals surface area contributed by atoms with Crippen molar-refractivity contribution < 1.29 is 14.4 Å². The zero-order valence-electron chi connectivity index (χ0n) is 11.9. The molecule has 6 nitrogen and oxygen atoms in total. The highest BCUT2D eigenvalue weighted by molar-refractivity contribution is 6.04. The molecule has 112 valence electrons. The molecule has 2 aliphatic rings. The number of carbonyl (C=O) groups excluding carboxylic acids is 3. The van der Waals surface area contributed by atoms with Crippen LogP contribution in [0.15, 0.2) is 0 Å². The third-order valence-corrected chi connectivity index (χ3v) is 4.39. The molecule has 3 unspecified atom stereocenters. The van der Waals surface area contributed by atoms with E-state index in [-0.39, 0.29) is 30.2 Å². The molecule has 3 atom stereocenters. The zero-order chi connectivity index (χ0) is 14.7.